The first kappa shape index (κ1) is 9.78. The summed E-state index contributed by atoms with van der Waals surface area (Å²) in [7, 11) is 0. The zero-order valence-electron chi connectivity index (χ0n) is 9.17. The third-order valence-corrected chi connectivity index (χ3v) is 2.83. The topological polar surface area (TPSA) is 51.8 Å². The van der Waals surface area contributed by atoms with E-state index in [4.69, 9.17) is 5.73 Å². The van der Waals surface area contributed by atoms with Crippen molar-refractivity contribution in [2.75, 3.05) is 5.73 Å². The van der Waals surface area contributed by atoms with Crippen LogP contribution < -0.4 is 5.73 Å². The maximum Gasteiger partial charge on any atom is 0.115 e. The number of hydrogen-bond donors (Lipinski definition) is 1. The number of hydrogen-bond acceptors (Lipinski definition) is 3. The van der Waals surface area contributed by atoms with Crippen LogP contribution in [0.15, 0.2) is 55.1 Å². The molecule has 0 aliphatic rings. The number of benzene rings is 2. The van der Waals surface area contributed by atoms with E-state index in [2.05, 4.69) is 22.1 Å². The van der Waals surface area contributed by atoms with Crippen LogP contribution in [0.25, 0.3) is 21.9 Å². The molecule has 0 unspecified atom stereocenters. The van der Waals surface area contributed by atoms with Gasteiger partial charge in [0.05, 0.1) is 0 Å². The number of anilines is 1. The fraction of sp³-hybridized carbons (Fsp3) is 0. The molecule has 1 aromatic heterocycles. The maximum atomic E-state index is 5.97. The summed E-state index contributed by atoms with van der Waals surface area (Å²) in [5.41, 5.74) is 8.87. The van der Waals surface area contributed by atoms with Crippen LogP contribution in [0, 0.1) is 0 Å². The van der Waals surface area contributed by atoms with Crippen molar-refractivity contribution in [3.63, 3.8) is 0 Å². The molecule has 0 saturated heterocycles. The van der Waals surface area contributed by atoms with Gasteiger partial charge in [0.2, 0.25) is 0 Å². The maximum absolute atomic E-state index is 5.97. The molecule has 3 heteroatoms. The van der Waals surface area contributed by atoms with Gasteiger partial charge in [0.15, 0.2) is 0 Å². The Morgan fingerprint density at radius 3 is 2.35 bits per heavy atom. The zero-order valence-corrected chi connectivity index (χ0v) is 9.17. The molecular formula is C14H11N3. The second-order valence-electron chi connectivity index (χ2n) is 3.88. The second-order valence-corrected chi connectivity index (χ2v) is 3.88. The number of rotatable bonds is 1. The fourth-order valence-electron chi connectivity index (χ4n) is 2.02. The number of aromatic nitrogens is 2. The minimum absolute atomic E-state index is 0.793. The molecule has 0 aliphatic heterocycles. The van der Waals surface area contributed by atoms with Gasteiger partial charge in [-0.1, -0.05) is 30.3 Å². The molecule has 0 atom stereocenters. The van der Waals surface area contributed by atoms with E-state index in [0.717, 1.165) is 27.6 Å². The summed E-state index contributed by atoms with van der Waals surface area (Å²) >= 11 is 0. The Hall–Kier alpha value is -2.42. The average Bonchev–Trinajstić information content (AvgIpc) is 2.40. The molecule has 0 amide bonds. The van der Waals surface area contributed by atoms with Crippen LogP contribution in [0.2, 0.25) is 0 Å². The third kappa shape index (κ3) is 1.61. The highest BCUT2D eigenvalue weighted by atomic mass is 14.8. The fourth-order valence-corrected chi connectivity index (χ4v) is 2.02. The van der Waals surface area contributed by atoms with Crippen molar-refractivity contribution in [3.8, 4) is 11.1 Å². The molecule has 1 heterocycles. The van der Waals surface area contributed by atoms with E-state index in [1.807, 2.05) is 36.7 Å². The van der Waals surface area contributed by atoms with Gasteiger partial charge in [0.1, 0.15) is 6.33 Å². The lowest BCUT2D eigenvalue weighted by molar-refractivity contribution is 1.17. The first-order valence-corrected chi connectivity index (χ1v) is 5.39. The molecule has 0 radical (unpaired) electrons. The molecule has 2 N–H and O–H groups in total. The Labute approximate surface area is 98.9 Å². The molecule has 3 rings (SSSR count). The SMILES string of the molecule is Nc1cccc2c(-c3cncnc3)cccc12. The van der Waals surface area contributed by atoms with Crippen molar-refractivity contribution in [1.29, 1.82) is 0 Å². The van der Waals surface area contributed by atoms with Crippen molar-refractivity contribution in [1.82, 2.24) is 9.97 Å². The van der Waals surface area contributed by atoms with Gasteiger partial charge in [-0.3, -0.25) is 0 Å². The second kappa shape index (κ2) is 3.87. The van der Waals surface area contributed by atoms with Crippen molar-refractivity contribution >= 4 is 16.5 Å². The summed E-state index contributed by atoms with van der Waals surface area (Å²) in [6.07, 6.45) is 5.15. The standard InChI is InChI=1S/C14H11N3/c15-14-6-2-4-12-11(3-1-5-13(12)14)10-7-16-9-17-8-10/h1-9H,15H2. The number of fused-ring (bicyclic) bond motifs is 1. The molecule has 0 aliphatic carbocycles. The van der Waals surface area contributed by atoms with Crippen LogP contribution in [0.1, 0.15) is 0 Å². The van der Waals surface area contributed by atoms with Crippen molar-refractivity contribution in [3.05, 3.63) is 55.1 Å². The van der Waals surface area contributed by atoms with Crippen molar-refractivity contribution < 1.29 is 0 Å². The van der Waals surface area contributed by atoms with Gasteiger partial charge in [-0.05, 0) is 17.0 Å². The Bertz CT molecular complexity index is 663. The molecule has 0 spiro atoms. The first-order chi connectivity index (χ1) is 8.36. The van der Waals surface area contributed by atoms with Crippen molar-refractivity contribution in [2.45, 2.75) is 0 Å². The lowest BCUT2D eigenvalue weighted by Crippen LogP contribution is -1.89. The molecule has 17 heavy (non-hydrogen) atoms. The summed E-state index contributed by atoms with van der Waals surface area (Å²) in [6.45, 7) is 0. The van der Waals surface area contributed by atoms with Crippen LogP contribution in [-0.2, 0) is 0 Å². The van der Waals surface area contributed by atoms with Gasteiger partial charge < -0.3 is 5.73 Å². The Kier molecular flexibility index (Phi) is 2.22. The summed E-state index contributed by atoms with van der Waals surface area (Å²) in [5, 5.41) is 2.19. The summed E-state index contributed by atoms with van der Waals surface area (Å²) in [4.78, 5) is 8.10. The van der Waals surface area contributed by atoms with Gasteiger partial charge >= 0.3 is 0 Å². The predicted molar refractivity (Wildman–Crippen MR) is 69.4 cm³/mol. The highest BCUT2D eigenvalue weighted by Gasteiger charge is 2.05. The van der Waals surface area contributed by atoms with Crippen LogP contribution >= 0.6 is 0 Å². The Morgan fingerprint density at radius 1 is 0.824 bits per heavy atom. The van der Waals surface area contributed by atoms with E-state index in [9.17, 15) is 0 Å². The van der Waals surface area contributed by atoms with Crippen LogP contribution in [-0.4, -0.2) is 9.97 Å². The normalized spacial score (nSPS) is 10.6. The summed E-state index contributed by atoms with van der Waals surface area (Å²) < 4.78 is 0. The monoisotopic (exact) mass is 221 g/mol. The predicted octanol–water partition coefficient (Wildman–Crippen LogP) is 2.88. The largest absolute Gasteiger partial charge is 0.398 e. The quantitative estimate of drug-likeness (QED) is 0.643. The molecule has 3 aromatic rings. The summed E-state index contributed by atoms with van der Waals surface area (Å²) in [5.74, 6) is 0. The van der Waals surface area contributed by atoms with E-state index < -0.39 is 0 Å². The van der Waals surface area contributed by atoms with E-state index in [-0.39, 0.29) is 0 Å². The van der Waals surface area contributed by atoms with E-state index in [1.165, 1.54) is 6.33 Å². The minimum atomic E-state index is 0.793. The minimum Gasteiger partial charge on any atom is -0.398 e. The van der Waals surface area contributed by atoms with E-state index in [1.54, 1.807) is 0 Å². The van der Waals surface area contributed by atoms with Gasteiger partial charge in [0, 0.05) is 29.0 Å². The van der Waals surface area contributed by atoms with E-state index in [0.29, 0.717) is 0 Å². The van der Waals surface area contributed by atoms with Crippen LogP contribution in [0.3, 0.4) is 0 Å². The zero-order chi connectivity index (χ0) is 11.7. The first-order valence-electron chi connectivity index (χ1n) is 5.39. The molecular weight excluding hydrogens is 210 g/mol. The third-order valence-electron chi connectivity index (χ3n) is 2.83. The highest BCUT2D eigenvalue weighted by molar-refractivity contribution is 6.02. The van der Waals surface area contributed by atoms with Gasteiger partial charge in [-0.25, -0.2) is 9.97 Å². The number of nitrogens with two attached hydrogens (primary N) is 1. The Balaban J connectivity index is 2.35. The molecule has 0 fully saturated rings. The van der Waals surface area contributed by atoms with Crippen LogP contribution in [0.5, 0.6) is 0 Å². The lowest BCUT2D eigenvalue weighted by atomic mass is 9.99. The van der Waals surface area contributed by atoms with Crippen molar-refractivity contribution in [2.24, 2.45) is 0 Å². The lowest BCUT2D eigenvalue weighted by Gasteiger charge is -2.07. The van der Waals surface area contributed by atoms with Crippen LogP contribution in [0.4, 0.5) is 5.69 Å². The molecule has 82 valence electrons. The Morgan fingerprint density at radius 2 is 1.53 bits per heavy atom. The average molecular weight is 221 g/mol. The molecule has 0 bridgehead atoms. The highest BCUT2D eigenvalue weighted by Crippen LogP contribution is 2.30. The van der Waals surface area contributed by atoms with Gasteiger partial charge in [-0.2, -0.15) is 0 Å². The molecule has 2 aromatic carbocycles. The smallest absolute Gasteiger partial charge is 0.115 e. The molecule has 0 saturated carbocycles. The van der Waals surface area contributed by atoms with Gasteiger partial charge in [-0.15, -0.1) is 0 Å². The molecule has 3 nitrogen and oxygen atoms in total. The number of nitrogens with zero attached hydrogens (tertiary/aromatic N) is 2. The summed E-state index contributed by atoms with van der Waals surface area (Å²) in [6, 6.07) is 12.0. The number of nitrogen functional groups attached to an aromatic ring is 1. The van der Waals surface area contributed by atoms with E-state index >= 15 is 0 Å². The van der Waals surface area contributed by atoms with Gasteiger partial charge in [0.25, 0.3) is 0 Å².